The molecule has 0 saturated heterocycles. The summed E-state index contributed by atoms with van der Waals surface area (Å²) in [5, 5.41) is 3.74. The number of fused-ring (bicyclic) bond motifs is 1. The minimum Gasteiger partial charge on any atom is -0.478 e. The second-order valence-electron chi connectivity index (χ2n) is 6.14. The molecule has 134 valence electrons. The average molecular weight is 353 g/mol. The lowest BCUT2D eigenvalue weighted by Gasteiger charge is -2.16. The molecule has 1 aliphatic heterocycles. The van der Waals surface area contributed by atoms with Gasteiger partial charge in [0, 0.05) is 25.2 Å². The number of aromatic nitrogens is 2. The zero-order valence-electron chi connectivity index (χ0n) is 13.9. The molecule has 0 spiro atoms. The van der Waals surface area contributed by atoms with Gasteiger partial charge in [-0.25, -0.2) is 4.68 Å². The van der Waals surface area contributed by atoms with Crippen molar-refractivity contribution in [1.82, 2.24) is 14.7 Å². The highest BCUT2D eigenvalue weighted by atomic mass is 19.4. The van der Waals surface area contributed by atoms with Gasteiger partial charge in [-0.15, -0.1) is 0 Å². The number of alkyl halides is 3. The van der Waals surface area contributed by atoms with Gasteiger partial charge >= 0.3 is 6.18 Å². The summed E-state index contributed by atoms with van der Waals surface area (Å²) >= 11 is 0. The number of carbonyl (C=O) groups excluding carboxylic acids is 1. The molecule has 8 heteroatoms. The summed E-state index contributed by atoms with van der Waals surface area (Å²) in [6.45, 7) is 0.474. The first-order valence-corrected chi connectivity index (χ1v) is 7.87. The second kappa shape index (κ2) is 6.42. The van der Waals surface area contributed by atoms with E-state index < -0.39 is 11.9 Å². The highest BCUT2D eigenvalue weighted by Crippen LogP contribution is 2.38. The van der Waals surface area contributed by atoms with Gasteiger partial charge in [-0.1, -0.05) is 12.1 Å². The van der Waals surface area contributed by atoms with E-state index in [1.807, 2.05) is 0 Å². The Morgan fingerprint density at radius 3 is 2.80 bits per heavy atom. The van der Waals surface area contributed by atoms with Gasteiger partial charge in [-0.2, -0.15) is 18.3 Å². The molecule has 0 N–H and O–H groups in total. The van der Waals surface area contributed by atoms with Crippen LogP contribution in [0.3, 0.4) is 0 Å². The zero-order chi connectivity index (χ0) is 18.2. The molecular weight excluding hydrogens is 335 g/mol. The molecule has 0 unspecified atom stereocenters. The van der Waals surface area contributed by atoms with Crippen LogP contribution < -0.4 is 4.74 Å². The lowest BCUT2D eigenvalue weighted by Crippen LogP contribution is -2.21. The summed E-state index contributed by atoms with van der Waals surface area (Å²) in [5.74, 6) is -0.000473. The number of nitrogens with zero attached hydrogens (tertiary/aromatic N) is 3. The number of halogens is 3. The molecule has 0 radical (unpaired) electrons. The van der Waals surface area contributed by atoms with Gasteiger partial charge in [0.25, 0.3) is 5.91 Å². The summed E-state index contributed by atoms with van der Waals surface area (Å²) in [4.78, 5) is 13.5. The Balaban J connectivity index is 1.95. The van der Waals surface area contributed by atoms with Gasteiger partial charge in [0.15, 0.2) is 5.69 Å². The van der Waals surface area contributed by atoms with E-state index in [2.05, 4.69) is 5.10 Å². The topological polar surface area (TPSA) is 47.4 Å². The predicted octanol–water partition coefficient (Wildman–Crippen LogP) is 2.98. The Bertz CT molecular complexity index is 797. The Morgan fingerprint density at radius 2 is 2.12 bits per heavy atom. The average Bonchev–Trinajstić information content (AvgIpc) is 2.93. The molecule has 1 amide bonds. The first-order valence-electron chi connectivity index (χ1n) is 7.87. The van der Waals surface area contributed by atoms with Gasteiger partial charge in [-0.05, 0) is 30.5 Å². The Kier molecular flexibility index (Phi) is 4.45. The standard InChI is InChI=1S/C17H18F3N3O2/c1-22(2)15(24)12-6-3-5-11(9-12)10-23-16-13(7-4-8-25-16)14(21-23)17(18,19)20/h3,5-6,9H,4,7-8,10H2,1-2H3. The molecule has 1 aliphatic rings. The van der Waals surface area contributed by atoms with E-state index in [-0.39, 0.29) is 23.9 Å². The van der Waals surface area contributed by atoms with Crippen molar-refractivity contribution in [3.63, 3.8) is 0 Å². The quantitative estimate of drug-likeness (QED) is 0.852. The number of rotatable bonds is 3. The molecule has 0 fully saturated rings. The molecule has 0 saturated carbocycles. The maximum Gasteiger partial charge on any atom is 0.435 e. The second-order valence-corrected chi connectivity index (χ2v) is 6.14. The molecule has 0 atom stereocenters. The number of amides is 1. The van der Waals surface area contributed by atoms with E-state index in [1.54, 1.807) is 38.4 Å². The smallest absolute Gasteiger partial charge is 0.435 e. The third-order valence-corrected chi connectivity index (χ3v) is 3.99. The van der Waals surface area contributed by atoms with Crippen molar-refractivity contribution in [3.05, 3.63) is 46.6 Å². The number of benzene rings is 1. The monoisotopic (exact) mass is 353 g/mol. The van der Waals surface area contributed by atoms with Gasteiger partial charge in [0.1, 0.15) is 0 Å². The zero-order valence-corrected chi connectivity index (χ0v) is 13.9. The van der Waals surface area contributed by atoms with Gasteiger partial charge in [0.2, 0.25) is 5.88 Å². The minimum atomic E-state index is -4.52. The first-order chi connectivity index (χ1) is 11.8. The molecular formula is C17H18F3N3O2. The maximum atomic E-state index is 13.2. The van der Waals surface area contributed by atoms with Gasteiger partial charge < -0.3 is 9.64 Å². The van der Waals surface area contributed by atoms with Crippen LogP contribution in [0.4, 0.5) is 13.2 Å². The molecule has 0 aliphatic carbocycles. The number of hydrogen-bond donors (Lipinski definition) is 0. The van der Waals surface area contributed by atoms with E-state index in [4.69, 9.17) is 4.74 Å². The van der Waals surface area contributed by atoms with Crippen molar-refractivity contribution in [2.24, 2.45) is 0 Å². The van der Waals surface area contributed by atoms with E-state index >= 15 is 0 Å². The van der Waals surface area contributed by atoms with E-state index in [1.165, 1.54) is 9.58 Å². The highest BCUT2D eigenvalue weighted by Gasteiger charge is 2.40. The molecule has 1 aromatic heterocycles. The van der Waals surface area contributed by atoms with Crippen LogP contribution >= 0.6 is 0 Å². The SMILES string of the molecule is CN(C)C(=O)c1cccc(Cn2nc(C(F)(F)F)c3c2OCCC3)c1. The number of hydrogen-bond acceptors (Lipinski definition) is 3. The normalized spacial score (nSPS) is 14.0. The minimum absolute atomic E-state index is 0.104. The van der Waals surface area contributed by atoms with Gasteiger partial charge in [0.05, 0.1) is 13.2 Å². The van der Waals surface area contributed by atoms with Crippen LogP contribution in [0.25, 0.3) is 0 Å². The maximum absolute atomic E-state index is 13.2. The molecule has 2 aromatic rings. The predicted molar refractivity (Wildman–Crippen MR) is 84.6 cm³/mol. The van der Waals surface area contributed by atoms with Crippen LogP contribution in [-0.2, 0) is 19.1 Å². The summed E-state index contributed by atoms with van der Waals surface area (Å²) in [5.41, 5.74) is 0.378. The first kappa shape index (κ1) is 17.3. The molecule has 5 nitrogen and oxygen atoms in total. The van der Waals surface area contributed by atoms with Crippen LogP contribution in [0.1, 0.15) is 33.6 Å². The van der Waals surface area contributed by atoms with Crippen molar-refractivity contribution >= 4 is 5.91 Å². The van der Waals surface area contributed by atoms with Crippen molar-refractivity contribution in [2.75, 3.05) is 20.7 Å². The van der Waals surface area contributed by atoms with Crippen molar-refractivity contribution < 1.29 is 22.7 Å². The number of ether oxygens (including phenoxy) is 1. The largest absolute Gasteiger partial charge is 0.478 e. The molecule has 1 aromatic carbocycles. The fourth-order valence-corrected chi connectivity index (χ4v) is 2.86. The molecule has 3 rings (SSSR count). The third-order valence-electron chi connectivity index (χ3n) is 3.99. The van der Waals surface area contributed by atoms with Crippen LogP contribution in [0.15, 0.2) is 24.3 Å². The van der Waals surface area contributed by atoms with Crippen LogP contribution in [-0.4, -0.2) is 41.3 Å². The van der Waals surface area contributed by atoms with E-state index in [0.717, 1.165) is 0 Å². The fraction of sp³-hybridized carbons (Fsp3) is 0.412. The third kappa shape index (κ3) is 3.47. The van der Waals surface area contributed by atoms with E-state index in [9.17, 15) is 18.0 Å². The summed E-state index contributed by atoms with van der Waals surface area (Å²) in [6.07, 6.45) is -3.68. The van der Waals surface area contributed by atoms with E-state index in [0.29, 0.717) is 30.6 Å². The van der Waals surface area contributed by atoms with Crippen molar-refractivity contribution in [3.8, 4) is 5.88 Å². The lowest BCUT2D eigenvalue weighted by atomic mass is 10.1. The van der Waals surface area contributed by atoms with Crippen LogP contribution in [0.2, 0.25) is 0 Å². The summed E-state index contributed by atoms with van der Waals surface area (Å²) in [6, 6.07) is 6.78. The molecule has 25 heavy (non-hydrogen) atoms. The summed E-state index contributed by atoms with van der Waals surface area (Å²) < 4.78 is 46.3. The summed E-state index contributed by atoms with van der Waals surface area (Å²) in [7, 11) is 3.28. The Hall–Kier alpha value is -2.51. The van der Waals surface area contributed by atoms with Crippen LogP contribution in [0, 0.1) is 0 Å². The highest BCUT2D eigenvalue weighted by molar-refractivity contribution is 5.94. The van der Waals surface area contributed by atoms with Crippen molar-refractivity contribution in [1.29, 1.82) is 0 Å². The fourth-order valence-electron chi connectivity index (χ4n) is 2.86. The Labute approximate surface area is 143 Å². The molecule has 2 heterocycles. The molecule has 0 bridgehead atoms. The Morgan fingerprint density at radius 1 is 1.36 bits per heavy atom. The van der Waals surface area contributed by atoms with Crippen LogP contribution in [0.5, 0.6) is 5.88 Å². The number of carbonyl (C=O) groups is 1. The lowest BCUT2D eigenvalue weighted by molar-refractivity contribution is -0.142. The van der Waals surface area contributed by atoms with Crippen molar-refractivity contribution in [2.45, 2.75) is 25.6 Å². The van der Waals surface area contributed by atoms with Gasteiger partial charge in [-0.3, -0.25) is 4.79 Å².